The average Bonchev–Trinajstić information content (AvgIpc) is 2.44. The van der Waals surface area contributed by atoms with Crippen molar-refractivity contribution in [3.8, 4) is 0 Å². The Labute approximate surface area is 131 Å². The van der Waals surface area contributed by atoms with Gasteiger partial charge in [-0.05, 0) is 58.2 Å². The first-order valence-corrected chi connectivity index (χ1v) is 8.38. The molecule has 0 unspecified atom stereocenters. The Morgan fingerprint density at radius 3 is 2.43 bits per heavy atom. The van der Waals surface area contributed by atoms with Crippen LogP contribution in [-0.4, -0.2) is 8.42 Å². The molecule has 2 aromatic rings. The largest absolute Gasteiger partial charge is 0.326 e. The molecule has 112 valence electrons. The summed E-state index contributed by atoms with van der Waals surface area (Å²) < 4.78 is 40.6. The van der Waals surface area contributed by atoms with Gasteiger partial charge in [0.15, 0.2) is 0 Å². The summed E-state index contributed by atoms with van der Waals surface area (Å²) in [4.78, 5) is 0.125. The molecule has 2 aromatic carbocycles. The first kappa shape index (κ1) is 15.9. The van der Waals surface area contributed by atoms with Gasteiger partial charge in [0, 0.05) is 6.54 Å². The molecule has 3 N–H and O–H groups in total. The number of sulfonamides is 1. The Kier molecular flexibility index (Phi) is 4.65. The third kappa shape index (κ3) is 3.61. The Bertz CT molecular complexity index is 761. The molecule has 7 heteroatoms. The smallest absolute Gasteiger partial charge is 0.261 e. The summed E-state index contributed by atoms with van der Waals surface area (Å²) >= 11 is 3.04. The van der Waals surface area contributed by atoms with E-state index in [9.17, 15) is 12.8 Å². The molecule has 0 amide bonds. The second-order valence-corrected chi connectivity index (χ2v) is 7.07. The zero-order valence-corrected chi connectivity index (χ0v) is 13.6. The number of hydrogen-bond donors (Lipinski definition) is 2. The van der Waals surface area contributed by atoms with Gasteiger partial charge in [0.2, 0.25) is 0 Å². The molecule has 0 saturated carbocycles. The normalized spacial score (nSPS) is 11.4. The molecule has 2 rings (SSSR count). The topological polar surface area (TPSA) is 72.2 Å². The summed E-state index contributed by atoms with van der Waals surface area (Å²) in [5.74, 6) is -0.442. The lowest BCUT2D eigenvalue weighted by Crippen LogP contribution is -2.14. The zero-order valence-electron chi connectivity index (χ0n) is 11.2. The van der Waals surface area contributed by atoms with Crippen LogP contribution < -0.4 is 10.5 Å². The molecule has 0 aliphatic carbocycles. The summed E-state index contributed by atoms with van der Waals surface area (Å²) in [5.41, 5.74) is 7.14. The number of anilines is 1. The molecule has 0 heterocycles. The van der Waals surface area contributed by atoms with E-state index in [0.29, 0.717) is 17.8 Å². The molecule has 0 aliphatic rings. The van der Waals surface area contributed by atoms with Crippen molar-refractivity contribution in [2.45, 2.75) is 18.4 Å². The van der Waals surface area contributed by atoms with E-state index < -0.39 is 15.8 Å². The van der Waals surface area contributed by atoms with Crippen molar-refractivity contribution in [1.29, 1.82) is 0 Å². The molecule has 0 saturated heterocycles. The first-order chi connectivity index (χ1) is 9.83. The van der Waals surface area contributed by atoms with Gasteiger partial charge in [-0.15, -0.1) is 0 Å². The van der Waals surface area contributed by atoms with Crippen LogP contribution in [0.4, 0.5) is 10.1 Å². The fraction of sp³-hybridized carbons (Fsp3) is 0.143. The minimum atomic E-state index is -3.72. The third-order valence-electron chi connectivity index (χ3n) is 2.98. The van der Waals surface area contributed by atoms with Crippen molar-refractivity contribution in [3.63, 3.8) is 0 Å². The SMILES string of the molecule is Cc1cc(F)c(Br)cc1NS(=O)(=O)c1ccc(CN)cc1. The number of nitrogens with one attached hydrogen (secondary N) is 1. The number of nitrogens with two attached hydrogens (primary N) is 1. The van der Waals surface area contributed by atoms with Gasteiger partial charge in [-0.25, -0.2) is 12.8 Å². The van der Waals surface area contributed by atoms with Gasteiger partial charge in [0.05, 0.1) is 15.1 Å². The highest BCUT2D eigenvalue weighted by Crippen LogP contribution is 2.26. The lowest BCUT2D eigenvalue weighted by Gasteiger charge is -2.12. The summed E-state index contributed by atoms with van der Waals surface area (Å²) in [6, 6.07) is 8.94. The number of rotatable bonds is 4. The molecule has 0 aliphatic heterocycles. The van der Waals surface area contributed by atoms with Gasteiger partial charge >= 0.3 is 0 Å². The van der Waals surface area contributed by atoms with E-state index in [4.69, 9.17) is 5.73 Å². The van der Waals surface area contributed by atoms with Gasteiger partial charge in [-0.3, -0.25) is 4.72 Å². The molecule has 0 fully saturated rings. The maximum atomic E-state index is 13.4. The van der Waals surface area contributed by atoms with Crippen molar-refractivity contribution < 1.29 is 12.8 Å². The minimum absolute atomic E-state index is 0.125. The van der Waals surface area contributed by atoms with E-state index in [1.165, 1.54) is 24.3 Å². The van der Waals surface area contributed by atoms with Crippen molar-refractivity contribution in [3.05, 3.63) is 57.8 Å². The van der Waals surface area contributed by atoms with Crippen molar-refractivity contribution in [2.24, 2.45) is 5.73 Å². The second-order valence-electron chi connectivity index (χ2n) is 4.53. The van der Waals surface area contributed by atoms with E-state index in [1.807, 2.05) is 0 Å². The van der Waals surface area contributed by atoms with Crippen LogP contribution in [0.3, 0.4) is 0 Å². The lowest BCUT2D eigenvalue weighted by molar-refractivity contribution is 0.600. The highest BCUT2D eigenvalue weighted by Gasteiger charge is 2.16. The van der Waals surface area contributed by atoms with E-state index in [-0.39, 0.29) is 9.37 Å². The van der Waals surface area contributed by atoms with Crippen LogP contribution in [0, 0.1) is 12.7 Å². The van der Waals surface area contributed by atoms with Crippen LogP contribution in [0.1, 0.15) is 11.1 Å². The molecule has 21 heavy (non-hydrogen) atoms. The summed E-state index contributed by atoms with van der Waals surface area (Å²) in [5, 5.41) is 0. The van der Waals surface area contributed by atoms with E-state index in [2.05, 4.69) is 20.7 Å². The monoisotopic (exact) mass is 372 g/mol. The van der Waals surface area contributed by atoms with Gasteiger partial charge in [-0.1, -0.05) is 12.1 Å². The fourth-order valence-electron chi connectivity index (χ4n) is 1.76. The van der Waals surface area contributed by atoms with Gasteiger partial charge in [-0.2, -0.15) is 0 Å². The fourth-order valence-corrected chi connectivity index (χ4v) is 3.23. The van der Waals surface area contributed by atoms with E-state index in [1.54, 1.807) is 19.1 Å². The summed E-state index contributed by atoms with van der Waals surface area (Å²) in [7, 11) is -3.72. The highest BCUT2D eigenvalue weighted by atomic mass is 79.9. The third-order valence-corrected chi connectivity index (χ3v) is 4.97. The number of benzene rings is 2. The Morgan fingerprint density at radius 2 is 1.86 bits per heavy atom. The van der Waals surface area contributed by atoms with Crippen molar-refractivity contribution in [2.75, 3.05) is 4.72 Å². The molecule has 0 aromatic heterocycles. The number of halogens is 2. The number of hydrogen-bond acceptors (Lipinski definition) is 3. The lowest BCUT2D eigenvalue weighted by atomic mass is 10.2. The predicted molar refractivity (Wildman–Crippen MR) is 84.0 cm³/mol. The quantitative estimate of drug-likeness (QED) is 0.865. The van der Waals surface area contributed by atoms with Crippen LogP contribution in [0.5, 0.6) is 0 Å². The molecule has 0 radical (unpaired) electrons. The average molecular weight is 373 g/mol. The molecule has 0 atom stereocenters. The molecule has 4 nitrogen and oxygen atoms in total. The van der Waals surface area contributed by atoms with E-state index in [0.717, 1.165) is 5.56 Å². The summed E-state index contributed by atoms with van der Waals surface area (Å²) in [6.45, 7) is 1.97. The molecular formula is C14H14BrFN2O2S. The highest BCUT2D eigenvalue weighted by molar-refractivity contribution is 9.10. The van der Waals surface area contributed by atoms with Crippen molar-refractivity contribution in [1.82, 2.24) is 0 Å². The van der Waals surface area contributed by atoms with Crippen LogP contribution in [0.25, 0.3) is 0 Å². The van der Waals surface area contributed by atoms with Crippen LogP contribution in [-0.2, 0) is 16.6 Å². The van der Waals surface area contributed by atoms with Crippen LogP contribution in [0.2, 0.25) is 0 Å². The Balaban J connectivity index is 2.34. The molecular weight excluding hydrogens is 359 g/mol. The Hall–Kier alpha value is -1.44. The second kappa shape index (κ2) is 6.13. The predicted octanol–water partition coefficient (Wildman–Crippen LogP) is 3.16. The van der Waals surface area contributed by atoms with E-state index >= 15 is 0 Å². The van der Waals surface area contributed by atoms with Gasteiger partial charge in [0.25, 0.3) is 10.0 Å². The minimum Gasteiger partial charge on any atom is -0.326 e. The maximum absolute atomic E-state index is 13.4. The number of aryl methyl sites for hydroxylation is 1. The molecule has 0 spiro atoms. The first-order valence-electron chi connectivity index (χ1n) is 6.11. The van der Waals surface area contributed by atoms with Crippen molar-refractivity contribution >= 4 is 31.6 Å². The Morgan fingerprint density at radius 1 is 1.24 bits per heavy atom. The zero-order chi connectivity index (χ0) is 15.6. The van der Waals surface area contributed by atoms with Gasteiger partial charge in [0.1, 0.15) is 5.82 Å². The van der Waals surface area contributed by atoms with Crippen LogP contribution >= 0.6 is 15.9 Å². The standard InChI is InChI=1S/C14H14BrFN2O2S/c1-9-6-13(16)12(15)7-14(9)18-21(19,20)11-4-2-10(8-17)3-5-11/h2-7,18H,8,17H2,1H3. The molecule has 0 bridgehead atoms. The maximum Gasteiger partial charge on any atom is 0.261 e. The van der Waals surface area contributed by atoms with Gasteiger partial charge < -0.3 is 5.73 Å². The van der Waals surface area contributed by atoms with Crippen LogP contribution in [0.15, 0.2) is 45.8 Å². The summed E-state index contributed by atoms with van der Waals surface area (Å²) in [6.07, 6.45) is 0.